The Morgan fingerprint density at radius 3 is 2.86 bits per heavy atom. The van der Waals surface area contributed by atoms with Crippen LogP contribution < -0.4 is 0 Å². The fourth-order valence-electron chi connectivity index (χ4n) is 5.49. The summed E-state index contributed by atoms with van der Waals surface area (Å²) in [6.45, 7) is -0.487. The molecule has 4 aliphatic carbocycles. The van der Waals surface area contributed by atoms with Gasteiger partial charge in [-0.1, -0.05) is 12.2 Å². The van der Waals surface area contributed by atoms with Gasteiger partial charge in [-0.15, -0.1) is 0 Å². The molecular formula is C18H21FO2. The minimum absolute atomic E-state index is 0.155. The highest BCUT2D eigenvalue weighted by atomic mass is 19.1. The summed E-state index contributed by atoms with van der Waals surface area (Å²) in [4.78, 5) is 23.8. The lowest BCUT2D eigenvalue weighted by molar-refractivity contribution is -0.132. The highest BCUT2D eigenvalue weighted by molar-refractivity contribution is 5.92. The van der Waals surface area contributed by atoms with Gasteiger partial charge in [-0.25, -0.2) is 4.39 Å². The molecule has 0 amide bonds. The molecule has 0 radical (unpaired) electrons. The normalized spacial score (nSPS) is 44.9. The largest absolute Gasteiger partial charge is 0.299 e. The second-order valence-corrected chi connectivity index (χ2v) is 7.25. The van der Waals surface area contributed by atoms with Crippen LogP contribution in [0, 0.1) is 29.1 Å². The van der Waals surface area contributed by atoms with Crippen molar-refractivity contribution in [1.29, 1.82) is 0 Å². The number of hydrogen-bond donors (Lipinski definition) is 0. The Bertz CT molecular complexity index is 562. The van der Waals surface area contributed by atoms with E-state index in [9.17, 15) is 14.0 Å². The van der Waals surface area contributed by atoms with Crippen molar-refractivity contribution in [2.45, 2.75) is 38.5 Å². The molecule has 5 atom stereocenters. The number of carbonyl (C=O) groups excluding carboxylic acids is 2. The Balaban J connectivity index is 1.71. The molecule has 0 saturated heterocycles. The van der Waals surface area contributed by atoms with Crippen molar-refractivity contribution < 1.29 is 14.0 Å². The standard InChI is InChI=1S/C18H21FO2/c19-10-18-8-7-14-13-4-2-12(20)9-11(13)1-3-15(14)16(18)5-6-17(18)21/h1,3,9,13-16H,2,4-8,10H2/t13-,14+,15+,16-,18+/m0/s1. The number of hydrogen-bond acceptors (Lipinski definition) is 2. The molecule has 0 bridgehead atoms. The van der Waals surface area contributed by atoms with E-state index in [2.05, 4.69) is 12.2 Å². The van der Waals surface area contributed by atoms with Crippen LogP contribution >= 0.6 is 0 Å². The summed E-state index contributed by atoms with van der Waals surface area (Å²) in [5.74, 6) is 1.85. The predicted octanol–water partition coefficient (Wildman–Crippen LogP) is 3.42. The molecule has 2 nitrogen and oxygen atoms in total. The third kappa shape index (κ3) is 1.75. The second kappa shape index (κ2) is 4.62. The van der Waals surface area contributed by atoms with Crippen LogP contribution in [0.5, 0.6) is 0 Å². The smallest absolute Gasteiger partial charge is 0.155 e. The number of alkyl halides is 1. The molecule has 0 unspecified atom stereocenters. The lowest BCUT2D eigenvalue weighted by Gasteiger charge is -2.49. The maximum atomic E-state index is 13.7. The number of carbonyl (C=O) groups is 2. The average molecular weight is 288 g/mol. The van der Waals surface area contributed by atoms with Gasteiger partial charge in [-0.3, -0.25) is 9.59 Å². The first-order chi connectivity index (χ1) is 10.2. The van der Waals surface area contributed by atoms with E-state index in [1.807, 2.05) is 0 Å². The van der Waals surface area contributed by atoms with E-state index in [-0.39, 0.29) is 17.5 Å². The third-order valence-corrected chi connectivity index (χ3v) is 6.55. The van der Waals surface area contributed by atoms with E-state index in [0.29, 0.717) is 37.0 Å². The zero-order chi connectivity index (χ0) is 14.6. The van der Waals surface area contributed by atoms with Crippen molar-refractivity contribution in [2.24, 2.45) is 29.1 Å². The second-order valence-electron chi connectivity index (χ2n) is 7.25. The first kappa shape index (κ1) is 13.4. The van der Waals surface area contributed by atoms with Gasteiger partial charge in [0.25, 0.3) is 0 Å². The highest BCUT2D eigenvalue weighted by Gasteiger charge is 2.57. The van der Waals surface area contributed by atoms with Crippen LogP contribution in [0.3, 0.4) is 0 Å². The molecule has 2 fully saturated rings. The molecule has 0 aromatic heterocycles. The first-order valence-corrected chi connectivity index (χ1v) is 8.17. The van der Waals surface area contributed by atoms with Gasteiger partial charge in [0, 0.05) is 12.8 Å². The van der Waals surface area contributed by atoms with Gasteiger partial charge in [0.05, 0.1) is 5.41 Å². The highest BCUT2D eigenvalue weighted by Crippen LogP contribution is 2.59. The Labute approximate surface area is 124 Å². The van der Waals surface area contributed by atoms with Crippen LogP contribution in [0.2, 0.25) is 0 Å². The minimum Gasteiger partial charge on any atom is -0.299 e. The molecule has 3 heteroatoms. The average Bonchev–Trinajstić information content (AvgIpc) is 2.84. The Morgan fingerprint density at radius 1 is 1.19 bits per heavy atom. The van der Waals surface area contributed by atoms with Gasteiger partial charge >= 0.3 is 0 Å². The van der Waals surface area contributed by atoms with E-state index in [1.165, 1.54) is 5.57 Å². The molecule has 0 heterocycles. The minimum atomic E-state index is -0.683. The number of allylic oxidation sites excluding steroid dienone is 4. The summed E-state index contributed by atoms with van der Waals surface area (Å²) in [6.07, 6.45) is 10.7. The van der Waals surface area contributed by atoms with E-state index in [1.54, 1.807) is 6.08 Å². The summed E-state index contributed by atoms with van der Waals surface area (Å²) < 4.78 is 13.7. The topological polar surface area (TPSA) is 34.1 Å². The molecule has 0 aromatic carbocycles. The summed E-state index contributed by atoms with van der Waals surface area (Å²) in [6, 6.07) is 0. The summed E-state index contributed by atoms with van der Waals surface area (Å²) in [5.41, 5.74) is 0.488. The number of Topliss-reactive ketones (excluding diaryl/α,β-unsaturated/α-hetero) is 1. The molecule has 0 aromatic rings. The van der Waals surface area contributed by atoms with E-state index < -0.39 is 12.1 Å². The Kier molecular flexibility index (Phi) is 2.95. The first-order valence-electron chi connectivity index (χ1n) is 8.17. The predicted molar refractivity (Wildman–Crippen MR) is 77.3 cm³/mol. The molecule has 112 valence electrons. The SMILES string of the molecule is O=C1C=C2C=C[C@@H]3[C@H](CC[C@]4(CF)C(=O)CC[C@@H]34)[C@H]2CC1. The molecule has 2 saturated carbocycles. The third-order valence-electron chi connectivity index (χ3n) is 6.55. The molecule has 0 aliphatic heterocycles. The van der Waals surface area contributed by atoms with Crippen molar-refractivity contribution in [3.05, 3.63) is 23.8 Å². The maximum Gasteiger partial charge on any atom is 0.155 e. The van der Waals surface area contributed by atoms with Crippen molar-refractivity contribution in [2.75, 3.05) is 6.67 Å². The summed E-state index contributed by atoms with van der Waals surface area (Å²) in [5, 5.41) is 0. The number of ketones is 2. The zero-order valence-corrected chi connectivity index (χ0v) is 12.2. The van der Waals surface area contributed by atoms with Gasteiger partial charge in [0.1, 0.15) is 12.5 Å². The quantitative estimate of drug-likeness (QED) is 0.741. The van der Waals surface area contributed by atoms with Crippen LogP contribution in [-0.4, -0.2) is 18.2 Å². The zero-order valence-electron chi connectivity index (χ0n) is 12.2. The van der Waals surface area contributed by atoms with Crippen LogP contribution in [-0.2, 0) is 9.59 Å². The van der Waals surface area contributed by atoms with Crippen molar-refractivity contribution in [1.82, 2.24) is 0 Å². The van der Waals surface area contributed by atoms with E-state index in [4.69, 9.17) is 0 Å². The number of rotatable bonds is 1. The lowest BCUT2D eigenvalue weighted by Crippen LogP contribution is -2.47. The molecular weight excluding hydrogens is 267 g/mol. The van der Waals surface area contributed by atoms with Gasteiger partial charge in [-0.05, 0) is 61.0 Å². The summed E-state index contributed by atoms with van der Waals surface area (Å²) >= 11 is 0. The van der Waals surface area contributed by atoms with Gasteiger partial charge in [0.15, 0.2) is 5.78 Å². The van der Waals surface area contributed by atoms with Crippen molar-refractivity contribution in [3.8, 4) is 0 Å². The fourth-order valence-corrected chi connectivity index (χ4v) is 5.49. The summed E-state index contributed by atoms with van der Waals surface area (Å²) in [7, 11) is 0. The maximum absolute atomic E-state index is 13.7. The monoisotopic (exact) mass is 288 g/mol. The van der Waals surface area contributed by atoms with Gasteiger partial charge in [0.2, 0.25) is 0 Å². The van der Waals surface area contributed by atoms with Crippen LogP contribution in [0.4, 0.5) is 4.39 Å². The van der Waals surface area contributed by atoms with Crippen molar-refractivity contribution in [3.63, 3.8) is 0 Å². The van der Waals surface area contributed by atoms with Crippen LogP contribution in [0.25, 0.3) is 0 Å². The van der Waals surface area contributed by atoms with E-state index in [0.717, 1.165) is 19.3 Å². The number of halogens is 1. The molecule has 4 rings (SSSR count). The van der Waals surface area contributed by atoms with Gasteiger partial charge < -0.3 is 0 Å². The van der Waals surface area contributed by atoms with E-state index >= 15 is 0 Å². The Morgan fingerprint density at radius 2 is 2.05 bits per heavy atom. The Hall–Kier alpha value is -1.25. The van der Waals surface area contributed by atoms with Crippen LogP contribution in [0.1, 0.15) is 38.5 Å². The van der Waals surface area contributed by atoms with Gasteiger partial charge in [-0.2, -0.15) is 0 Å². The molecule has 0 spiro atoms. The fraction of sp³-hybridized carbons (Fsp3) is 0.667. The van der Waals surface area contributed by atoms with Crippen LogP contribution in [0.15, 0.2) is 23.8 Å². The number of fused-ring (bicyclic) bond motifs is 5. The molecule has 4 aliphatic rings. The lowest BCUT2D eigenvalue weighted by atomic mass is 9.54. The van der Waals surface area contributed by atoms with Crippen molar-refractivity contribution >= 4 is 11.6 Å². The molecule has 0 N–H and O–H groups in total. The molecule has 21 heavy (non-hydrogen) atoms.